The van der Waals surface area contributed by atoms with Gasteiger partial charge in [-0.3, -0.25) is 0 Å². The van der Waals surface area contributed by atoms with Gasteiger partial charge in [-0.25, -0.2) is 4.99 Å². The third kappa shape index (κ3) is 5.41. The number of aliphatic imine (C=N–C) groups is 1. The molecule has 0 radical (unpaired) electrons. The second kappa shape index (κ2) is 7.81. The van der Waals surface area contributed by atoms with Crippen LogP contribution in [-0.2, 0) is 11.3 Å². The van der Waals surface area contributed by atoms with Crippen molar-refractivity contribution in [3.8, 4) is 0 Å². The number of halogens is 2. The zero-order chi connectivity index (χ0) is 13.5. The number of ether oxygens (including phenoxy) is 1. The smallest absolute Gasteiger partial charge is 0.189 e. The molecule has 1 aromatic carbocycles. The molecule has 1 aromatic rings. The van der Waals surface area contributed by atoms with Crippen LogP contribution in [0.5, 0.6) is 0 Å². The topological polar surface area (TPSA) is 59.6 Å². The maximum absolute atomic E-state index is 6.11. The van der Waals surface area contributed by atoms with Gasteiger partial charge in [0.05, 0.1) is 13.2 Å². The van der Waals surface area contributed by atoms with Crippen molar-refractivity contribution in [3.63, 3.8) is 0 Å². The average molecular weight is 382 g/mol. The number of methoxy groups -OCH3 is 1. The van der Waals surface area contributed by atoms with Crippen LogP contribution in [0.1, 0.15) is 12.5 Å². The number of nitrogens with zero attached hydrogens (tertiary/aromatic N) is 1. The Hall–Kier alpha value is -0.530. The largest absolute Gasteiger partial charge is 0.383 e. The molecule has 18 heavy (non-hydrogen) atoms. The molecule has 0 amide bonds. The van der Waals surface area contributed by atoms with Crippen molar-refractivity contribution in [1.82, 2.24) is 5.32 Å². The molecule has 6 heteroatoms. The lowest BCUT2D eigenvalue weighted by atomic mass is 10.2. The number of hydrogen-bond donors (Lipinski definition) is 2. The highest BCUT2D eigenvalue weighted by Gasteiger charge is 2.03. The molecule has 0 bridgehead atoms. The second-order valence-corrected chi connectivity index (χ2v) is 5.59. The van der Waals surface area contributed by atoms with E-state index in [1.165, 1.54) is 0 Å². The van der Waals surface area contributed by atoms with E-state index >= 15 is 0 Å². The summed E-state index contributed by atoms with van der Waals surface area (Å²) >= 11 is 8.33. The van der Waals surface area contributed by atoms with Gasteiger partial charge >= 0.3 is 0 Å². The molecule has 0 heterocycles. The molecule has 0 saturated carbocycles. The first-order valence-electron chi connectivity index (χ1n) is 5.52. The van der Waals surface area contributed by atoms with Crippen LogP contribution in [0.2, 0.25) is 5.02 Å². The zero-order valence-electron chi connectivity index (χ0n) is 10.4. The van der Waals surface area contributed by atoms with Gasteiger partial charge in [-0.15, -0.1) is 0 Å². The Kier molecular flexibility index (Phi) is 6.73. The molecule has 0 aliphatic rings. The van der Waals surface area contributed by atoms with Crippen molar-refractivity contribution in [2.45, 2.75) is 19.5 Å². The van der Waals surface area contributed by atoms with Crippen LogP contribution in [0, 0.1) is 3.57 Å². The summed E-state index contributed by atoms with van der Waals surface area (Å²) < 4.78 is 6.11. The summed E-state index contributed by atoms with van der Waals surface area (Å²) in [6.07, 6.45) is 0. The van der Waals surface area contributed by atoms with E-state index in [9.17, 15) is 0 Å². The molecule has 100 valence electrons. The Bertz CT molecular complexity index is 426. The summed E-state index contributed by atoms with van der Waals surface area (Å²) in [5.41, 5.74) is 6.73. The Labute approximate surface area is 126 Å². The molecular weight excluding hydrogens is 365 g/mol. The van der Waals surface area contributed by atoms with Crippen molar-refractivity contribution in [2.24, 2.45) is 10.7 Å². The normalized spacial score (nSPS) is 13.4. The SMILES string of the molecule is COCC(C)NC(N)=NCc1ccc(I)cc1Cl. The van der Waals surface area contributed by atoms with Crippen molar-refractivity contribution in [1.29, 1.82) is 0 Å². The molecule has 0 aromatic heterocycles. The number of rotatable bonds is 5. The van der Waals surface area contributed by atoms with E-state index in [1.54, 1.807) is 7.11 Å². The highest BCUT2D eigenvalue weighted by molar-refractivity contribution is 14.1. The molecule has 0 saturated heterocycles. The molecule has 0 fully saturated rings. The second-order valence-electron chi connectivity index (χ2n) is 3.94. The van der Waals surface area contributed by atoms with Crippen LogP contribution < -0.4 is 11.1 Å². The maximum Gasteiger partial charge on any atom is 0.189 e. The zero-order valence-corrected chi connectivity index (χ0v) is 13.3. The average Bonchev–Trinajstić information content (AvgIpc) is 2.28. The Morgan fingerprint density at radius 2 is 2.33 bits per heavy atom. The number of guanidine groups is 1. The van der Waals surface area contributed by atoms with Gasteiger partial charge in [-0.1, -0.05) is 17.7 Å². The van der Waals surface area contributed by atoms with E-state index < -0.39 is 0 Å². The van der Waals surface area contributed by atoms with Crippen molar-refractivity contribution in [3.05, 3.63) is 32.4 Å². The van der Waals surface area contributed by atoms with Gasteiger partial charge in [-0.2, -0.15) is 0 Å². The minimum absolute atomic E-state index is 0.131. The molecule has 4 nitrogen and oxygen atoms in total. The van der Waals surface area contributed by atoms with Gasteiger partial charge in [-0.05, 0) is 47.2 Å². The predicted octanol–water partition coefficient (Wildman–Crippen LogP) is 2.38. The first kappa shape index (κ1) is 15.5. The van der Waals surface area contributed by atoms with Gasteiger partial charge in [0, 0.05) is 21.7 Å². The summed E-state index contributed by atoms with van der Waals surface area (Å²) in [4.78, 5) is 4.25. The minimum atomic E-state index is 0.131. The van der Waals surface area contributed by atoms with E-state index in [-0.39, 0.29) is 6.04 Å². The fraction of sp³-hybridized carbons (Fsp3) is 0.417. The maximum atomic E-state index is 6.11. The van der Waals surface area contributed by atoms with Crippen LogP contribution >= 0.6 is 34.2 Å². The summed E-state index contributed by atoms with van der Waals surface area (Å²) in [6.45, 7) is 3.03. The van der Waals surface area contributed by atoms with Crippen LogP contribution in [0.3, 0.4) is 0 Å². The first-order valence-corrected chi connectivity index (χ1v) is 6.98. The Balaban J connectivity index is 2.57. The lowest BCUT2D eigenvalue weighted by molar-refractivity contribution is 0.179. The molecule has 0 spiro atoms. The van der Waals surface area contributed by atoms with Crippen molar-refractivity contribution >= 4 is 40.2 Å². The summed E-state index contributed by atoms with van der Waals surface area (Å²) in [5.74, 6) is 0.397. The molecular formula is C12H17ClIN3O. The minimum Gasteiger partial charge on any atom is -0.383 e. The lowest BCUT2D eigenvalue weighted by Crippen LogP contribution is -2.40. The predicted molar refractivity (Wildman–Crippen MR) is 84.0 cm³/mol. The summed E-state index contributed by atoms with van der Waals surface area (Å²) in [5, 5.41) is 3.75. The molecule has 0 aliphatic carbocycles. The fourth-order valence-electron chi connectivity index (χ4n) is 1.41. The standard InChI is InChI=1S/C12H17ClIN3O/c1-8(7-18-2)17-12(15)16-6-9-3-4-10(14)5-11(9)13/h3-5,8H,6-7H2,1-2H3,(H3,15,16,17). The molecule has 1 atom stereocenters. The third-order valence-electron chi connectivity index (χ3n) is 2.25. The summed E-state index contributed by atoms with van der Waals surface area (Å²) in [7, 11) is 1.65. The number of nitrogens with two attached hydrogens (primary N) is 1. The van der Waals surface area contributed by atoms with Crippen molar-refractivity contribution in [2.75, 3.05) is 13.7 Å². The number of benzene rings is 1. The van der Waals surface area contributed by atoms with Crippen LogP contribution in [-0.4, -0.2) is 25.7 Å². The van der Waals surface area contributed by atoms with Gasteiger partial charge in [0.15, 0.2) is 5.96 Å². The van der Waals surface area contributed by atoms with Gasteiger partial charge in [0.1, 0.15) is 0 Å². The van der Waals surface area contributed by atoms with E-state index in [0.717, 1.165) is 9.13 Å². The highest BCUT2D eigenvalue weighted by Crippen LogP contribution is 2.19. The quantitative estimate of drug-likeness (QED) is 0.468. The van der Waals surface area contributed by atoms with E-state index in [2.05, 4.69) is 32.9 Å². The molecule has 1 rings (SSSR count). The van der Waals surface area contributed by atoms with Crippen LogP contribution in [0.25, 0.3) is 0 Å². The lowest BCUT2D eigenvalue weighted by Gasteiger charge is -2.13. The van der Waals surface area contributed by atoms with Crippen molar-refractivity contribution < 1.29 is 4.74 Å². The first-order chi connectivity index (χ1) is 8.52. The highest BCUT2D eigenvalue weighted by atomic mass is 127. The summed E-state index contributed by atoms with van der Waals surface area (Å²) in [6, 6.07) is 5.99. The third-order valence-corrected chi connectivity index (χ3v) is 3.27. The number of hydrogen-bond acceptors (Lipinski definition) is 2. The number of nitrogens with one attached hydrogen (secondary N) is 1. The van der Waals surface area contributed by atoms with Crippen LogP contribution in [0.4, 0.5) is 0 Å². The van der Waals surface area contributed by atoms with Gasteiger partial charge in [0.25, 0.3) is 0 Å². The van der Waals surface area contributed by atoms with E-state index in [4.69, 9.17) is 22.1 Å². The fourth-order valence-corrected chi connectivity index (χ4v) is 2.33. The van der Waals surface area contributed by atoms with Crippen LogP contribution in [0.15, 0.2) is 23.2 Å². The Morgan fingerprint density at radius 3 is 2.94 bits per heavy atom. The monoisotopic (exact) mass is 381 g/mol. The van der Waals surface area contributed by atoms with Gasteiger partial charge in [0.2, 0.25) is 0 Å². The molecule has 1 unspecified atom stereocenters. The molecule has 0 aliphatic heterocycles. The molecule has 3 N–H and O–H groups in total. The Morgan fingerprint density at radius 1 is 1.61 bits per heavy atom. The van der Waals surface area contributed by atoms with Gasteiger partial charge < -0.3 is 15.8 Å². The van der Waals surface area contributed by atoms with E-state index in [0.29, 0.717) is 24.1 Å². The van der Waals surface area contributed by atoms with E-state index in [1.807, 2.05) is 25.1 Å².